The third-order valence-corrected chi connectivity index (χ3v) is 6.09. The lowest BCUT2D eigenvalue weighted by Crippen LogP contribution is -2.54. The van der Waals surface area contributed by atoms with Gasteiger partial charge in [0.2, 0.25) is 0 Å². The lowest BCUT2D eigenvalue weighted by atomic mass is 9.86. The smallest absolute Gasteiger partial charge is 0.331 e. The Kier molecular flexibility index (Phi) is 5.80. The molecule has 0 aromatic heterocycles. The van der Waals surface area contributed by atoms with Crippen molar-refractivity contribution in [1.29, 1.82) is 0 Å². The molecule has 0 N–H and O–H groups in total. The second-order valence-electron chi connectivity index (χ2n) is 8.02. The van der Waals surface area contributed by atoms with Crippen molar-refractivity contribution in [3.05, 3.63) is 35.9 Å². The van der Waals surface area contributed by atoms with Crippen LogP contribution in [0.15, 0.2) is 30.3 Å². The zero-order valence-electron chi connectivity index (χ0n) is 15.9. The summed E-state index contributed by atoms with van der Waals surface area (Å²) in [5, 5.41) is 0. The lowest BCUT2D eigenvalue weighted by molar-refractivity contribution is -0.167. The minimum Gasteiger partial charge on any atom is -0.461 e. The molecule has 2 saturated heterocycles. The van der Waals surface area contributed by atoms with Crippen molar-refractivity contribution in [2.45, 2.75) is 51.2 Å². The fourth-order valence-corrected chi connectivity index (χ4v) is 4.02. The molecule has 2 aliphatic rings. The fourth-order valence-electron chi connectivity index (χ4n) is 4.02. The largest absolute Gasteiger partial charge is 0.461 e. The zero-order valence-corrected chi connectivity index (χ0v) is 15.9. The number of piperidine rings is 2. The molecule has 4 heteroatoms. The second kappa shape index (κ2) is 7.88. The maximum absolute atomic E-state index is 13.3. The number of carbonyl (C=O) groups is 1. The van der Waals surface area contributed by atoms with Gasteiger partial charge in [0.15, 0.2) is 0 Å². The van der Waals surface area contributed by atoms with Crippen LogP contribution in [0.2, 0.25) is 0 Å². The first kappa shape index (κ1) is 18.4. The molecule has 2 heterocycles. The molecular weight excluding hydrogens is 312 g/mol. The van der Waals surface area contributed by atoms with Gasteiger partial charge in [0.25, 0.3) is 0 Å². The van der Waals surface area contributed by atoms with E-state index in [9.17, 15) is 4.79 Å². The Balaban J connectivity index is 1.79. The number of esters is 1. The van der Waals surface area contributed by atoms with Crippen molar-refractivity contribution in [1.82, 2.24) is 9.80 Å². The fraction of sp³-hybridized carbons (Fsp3) is 0.667. The maximum atomic E-state index is 13.3. The molecule has 2 aliphatic heterocycles. The Labute approximate surface area is 152 Å². The molecule has 2 fully saturated rings. The summed E-state index contributed by atoms with van der Waals surface area (Å²) in [5.74, 6) is 0.656. The van der Waals surface area contributed by atoms with E-state index in [2.05, 4.69) is 42.8 Å². The van der Waals surface area contributed by atoms with Crippen molar-refractivity contribution in [2.24, 2.45) is 5.92 Å². The van der Waals surface area contributed by atoms with E-state index in [1.54, 1.807) is 0 Å². The summed E-state index contributed by atoms with van der Waals surface area (Å²) in [7, 11) is 2.13. The molecule has 4 nitrogen and oxygen atoms in total. The molecule has 0 amide bonds. The highest BCUT2D eigenvalue weighted by Crippen LogP contribution is 2.34. The number of hydrogen-bond acceptors (Lipinski definition) is 4. The Morgan fingerprint density at radius 2 is 1.64 bits per heavy atom. The Hall–Kier alpha value is -1.39. The SMILES string of the molecule is CC1CCN(C(C)(C(=O)OC2CCN(C)CC2)c2ccccc2)CC1. The Morgan fingerprint density at radius 3 is 2.24 bits per heavy atom. The van der Waals surface area contributed by atoms with Gasteiger partial charge in [-0.1, -0.05) is 37.3 Å². The molecule has 0 bridgehead atoms. The van der Waals surface area contributed by atoms with Gasteiger partial charge in [-0.25, -0.2) is 4.79 Å². The molecule has 1 aromatic carbocycles. The van der Waals surface area contributed by atoms with Gasteiger partial charge in [0, 0.05) is 13.1 Å². The number of benzene rings is 1. The van der Waals surface area contributed by atoms with E-state index < -0.39 is 5.54 Å². The van der Waals surface area contributed by atoms with Crippen LogP contribution in [-0.4, -0.2) is 55.1 Å². The van der Waals surface area contributed by atoms with Gasteiger partial charge in [-0.15, -0.1) is 0 Å². The summed E-state index contributed by atoms with van der Waals surface area (Å²) in [5.41, 5.74) is 0.354. The van der Waals surface area contributed by atoms with E-state index in [1.165, 1.54) is 0 Å². The standard InChI is InChI=1S/C21H32N2O2/c1-17-9-15-23(16-10-17)21(2,18-7-5-4-6-8-18)20(24)25-19-11-13-22(3)14-12-19/h4-8,17,19H,9-16H2,1-3H3. The van der Waals surface area contributed by atoms with Crippen LogP contribution in [0.5, 0.6) is 0 Å². The molecular formula is C21H32N2O2. The summed E-state index contributed by atoms with van der Waals surface area (Å²) in [6.45, 7) is 8.26. The quantitative estimate of drug-likeness (QED) is 0.785. The van der Waals surface area contributed by atoms with Crippen LogP contribution in [0, 0.1) is 5.92 Å². The molecule has 0 spiro atoms. The van der Waals surface area contributed by atoms with E-state index in [0.29, 0.717) is 0 Å². The van der Waals surface area contributed by atoms with Crippen LogP contribution < -0.4 is 0 Å². The molecule has 25 heavy (non-hydrogen) atoms. The third-order valence-electron chi connectivity index (χ3n) is 6.09. The van der Waals surface area contributed by atoms with Gasteiger partial charge in [0.05, 0.1) is 0 Å². The highest BCUT2D eigenvalue weighted by molar-refractivity contribution is 5.82. The summed E-state index contributed by atoms with van der Waals surface area (Å²) in [6.07, 6.45) is 4.21. The highest BCUT2D eigenvalue weighted by Gasteiger charge is 2.44. The Morgan fingerprint density at radius 1 is 1.04 bits per heavy atom. The maximum Gasteiger partial charge on any atom is 0.331 e. The van der Waals surface area contributed by atoms with Crippen LogP contribution in [0.3, 0.4) is 0 Å². The third kappa shape index (κ3) is 4.06. The van der Waals surface area contributed by atoms with Gasteiger partial charge in [0.1, 0.15) is 11.6 Å². The van der Waals surface area contributed by atoms with Crippen LogP contribution >= 0.6 is 0 Å². The van der Waals surface area contributed by atoms with Gasteiger partial charge in [-0.05, 0) is 64.2 Å². The molecule has 0 saturated carbocycles. The predicted octanol–water partition coefficient (Wildman–Crippen LogP) is 3.27. The van der Waals surface area contributed by atoms with Crippen molar-refractivity contribution in [2.75, 3.05) is 33.2 Å². The van der Waals surface area contributed by atoms with E-state index in [4.69, 9.17) is 4.74 Å². The van der Waals surface area contributed by atoms with Crippen molar-refractivity contribution >= 4 is 5.97 Å². The van der Waals surface area contributed by atoms with Crippen molar-refractivity contribution in [3.8, 4) is 0 Å². The van der Waals surface area contributed by atoms with Gasteiger partial charge in [-0.3, -0.25) is 4.90 Å². The number of ether oxygens (including phenoxy) is 1. The molecule has 1 unspecified atom stereocenters. The Bertz CT molecular complexity index is 561. The minimum absolute atomic E-state index is 0.0513. The molecule has 1 aromatic rings. The number of hydrogen-bond donors (Lipinski definition) is 0. The van der Waals surface area contributed by atoms with E-state index in [0.717, 1.165) is 63.3 Å². The number of likely N-dealkylation sites (tertiary alicyclic amines) is 2. The number of carbonyl (C=O) groups excluding carboxylic acids is 1. The van der Waals surface area contributed by atoms with Crippen molar-refractivity contribution in [3.63, 3.8) is 0 Å². The summed E-state index contributed by atoms with van der Waals surface area (Å²) in [4.78, 5) is 17.9. The highest BCUT2D eigenvalue weighted by atomic mass is 16.5. The van der Waals surface area contributed by atoms with E-state index in [1.807, 2.05) is 18.2 Å². The van der Waals surface area contributed by atoms with Crippen LogP contribution in [0.4, 0.5) is 0 Å². The zero-order chi connectivity index (χ0) is 17.9. The van der Waals surface area contributed by atoms with E-state index >= 15 is 0 Å². The number of rotatable bonds is 4. The average molecular weight is 344 g/mol. The lowest BCUT2D eigenvalue weighted by Gasteiger charge is -2.44. The molecule has 0 aliphatic carbocycles. The van der Waals surface area contributed by atoms with Gasteiger partial charge < -0.3 is 9.64 Å². The normalized spacial score (nSPS) is 24.0. The van der Waals surface area contributed by atoms with Crippen LogP contribution in [-0.2, 0) is 15.1 Å². The first-order valence-electron chi connectivity index (χ1n) is 9.70. The first-order valence-corrected chi connectivity index (χ1v) is 9.70. The number of nitrogens with zero attached hydrogens (tertiary/aromatic N) is 2. The van der Waals surface area contributed by atoms with E-state index in [-0.39, 0.29) is 12.1 Å². The summed E-state index contributed by atoms with van der Waals surface area (Å²) < 4.78 is 6.03. The predicted molar refractivity (Wildman–Crippen MR) is 100 cm³/mol. The molecule has 1 atom stereocenters. The first-order chi connectivity index (χ1) is 12.0. The van der Waals surface area contributed by atoms with Crippen molar-refractivity contribution < 1.29 is 9.53 Å². The summed E-state index contributed by atoms with van der Waals surface area (Å²) >= 11 is 0. The van der Waals surface area contributed by atoms with Crippen LogP contribution in [0.25, 0.3) is 0 Å². The minimum atomic E-state index is -0.690. The second-order valence-corrected chi connectivity index (χ2v) is 8.02. The molecule has 3 rings (SSSR count). The topological polar surface area (TPSA) is 32.8 Å². The average Bonchev–Trinajstić information content (AvgIpc) is 2.64. The molecule has 138 valence electrons. The van der Waals surface area contributed by atoms with Crippen LogP contribution in [0.1, 0.15) is 45.1 Å². The monoisotopic (exact) mass is 344 g/mol. The summed E-state index contributed by atoms with van der Waals surface area (Å²) in [6, 6.07) is 10.2. The van der Waals surface area contributed by atoms with Gasteiger partial charge in [-0.2, -0.15) is 0 Å². The van der Waals surface area contributed by atoms with Gasteiger partial charge >= 0.3 is 5.97 Å². The molecule has 0 radical (unpaired) electrons.